The van der Waals surface area contributed by atoms with E-state index in [0.717, 1.165) is 28.2 Å². The number of ether oxygens (including phenoxy) is 1. The van der Waals surface area contributed by atoms with Crippen LogP contribution in [0.25, 0.3) is 0 Å². The largest absolute Gasteiger partial charge is 0.486 e. The quantitative estimate of drug-likeness (QED) is 0.869. The Morgan fingerprint density at radius 3 is 2.90 bits per heavy atom. The van der Waals surface area contributed by atoms with Crippen molar-refractivity contribution >= 4 is 15.9 Å². The third kappa shape index (κ3) is 3.66. The van der Waals surface area contributed by atoms with Crippen molar-refractivity contribution in [3.8, 4) is 5.75 Å². The zero-order valence-electron chi connectivity index (χ0n) is 12.4. The lowest BCUT2D eigenvalue weighted by atomic mass is 10.2. The molecule has 1 aromatic heterocycles. The van der Waals surface area contributed by atoms with Crippen LogP contribution in [0.4, 0.5) is 0 Å². The zero-order chi connectivity index (χ0) is 14.8. The van der Waals surface area contributed by atoms with Gasteiger partial charge in [-0.1, -0.05) is 12.1 Å². The number of benzene rings is 1. The monoisotopic (exact) mass is 349 g/mol. The van der Waals surface area contributed by atoms with Crippen LogP contribution in [0, 0.1) is 6.92 Å². The Morgan fingerprint density at radius 1 is 1.43 bits per heavy atom. The average Bonchev–Trinajstić information content (AvgIpc) is 3.21. The molecule has 1 heterocycles. The second-order valence-corrected chi connectivity index (χ2v) is 6.43. The molecular weight excluding hydrogens is 330 g/mol. The highest BCUT2D eigenvalue weighted by Gasteiger charge is 2.21. The number of aryl methyl sites for hydroxylation is 2. The number of para-hydroxylation sites is 1. The molecule has 0 amide bonds. The summed E-state index contributed by atoms with van der Waals surface area (Å²) in [6, 6.07) is 8.93. The topological polar surface area (TPSA) is 39.1 Å². The molecule has 3 rings (SSSR count). The summed E-state index contributed by atoms with van der Waals surface area (Å²) in [4.78, 5) is 0. The average molecular weight is 350 g/mol. The van der Waals surface area contributed by atoms with Gasteiger partial charge in [0.15, 0.2) is 0 Å². The van der Waals surface area contributed by atoms with Crippen molar-refractivity contribution in [1.29, 1.82) is 0 Å². The minimum absolute atomic E-state index is 0.524. The van der Waals surface area contributed by atoms with Crippen LogP contribution in [0.15, 0.2) is 28.7 Å². The van der Waals surface area contributed by atoms with Gasteiger partial charge in [0.2, 0.25) is 0 Å². The maximum atomic E-state index is 6.05. The SMILES string of the molecule is Cc1cc(COc2c(Br)cccc2CNC2CC2)n(C)n1. The summed E-state index contributed by atoms with van der Waals surface area (Å²) >= 11 is 3.59. The normalized spacial score (nSPS) is 14.4. The molecule has 4 nitrogen and oxygen atoms in total. The molecule has 0 unspecified atom stereocenters. The van der Waals surface area contributed by atoms with Crippen molar-refractivity contribution in [2.45, 2.75) is 39.0 Å². The molecule has 0 radical (unpaired) electrons. The van der Waals surface area contributed by atoms with E-state index in [0.29, 0.717) is 12.6 Å². The summed E-state index contributed by atoms with van der Waals surface area (Å²) < 4.78 is 8.92. The first-order chi connectivity index (χ1) is 10.1. The number of hydrogen-bond donors (Lipinski definition) is 1. The maximum Gasteiger partial charge on any atom is 0.138 e. The van der Waals surface area contributed by atoms with Gasteiger partial charge >= 0.3 is 0 Å². The Labute approximate surface area is 133 Å². The van der Waals surface area contributed by atoms with Crippen LogP contribution >= 0.6 is 15.9 Å². The Bertz CT molecular complexity index is 634. The molecule has 1 aliphatic carbocycles. The molecule has 0 saturated heterocycles. The van der Waals surface area contributed by atoms with E-state index in [9.17, 15) is 0 Å². The minimum atomic E-state index is 0.524. The fourth-order valence-corrected chi connectivity index (χ4v) is 2.86. The van der Waals surface area contributed by atoms with Gasteiger partial charge in [0.05, 0.1) is 15.9 Å². The lowest BCUT2D eigenvalue weighted by Gasteiger charge is -2.14. The van der Waals surface area contributed by atoms with Gasteiger partial charge in [0.25, 0.3) is 0 Å². The van der Waals surface area contributed by atoms with E-state index in [-0.39, 0.29) is 0 Å². The summed E-state index contributed by atoms with van der Waals surface area (Å²) in [5.41, 5.74) is 3.28. The molecule has 112 valence electrons. The number of aromatic nitrogens is 2. The van der Waals surface area contributed by atoms with Crippen LogP contribution < -0.4 is 10.1 Å². The number of halogens is 1. The van der Waals surface area contributed by atoms with Gasteiger partial charge in [-0.05, 0) is 47.8 Å². The van der Waals surface area contributed by atoms with Gasteiger partial charge in [0.1, 0.15) is 12.4 Å². The third-order valence-corrected chi connectivity index (χ3v) is 4.29. The summed E-state index contributed by atoms with van der Waals surface area (Å²) in [5.74, 6) is 0.921. The predicted octanol–water partition coefficient (Wildman–Crippen LogP) is 3.32. The van der Waals surface area contributed by atoms with Crippen molar-refractivity contribution in [2.75, 3.05) is 0 Å². The molecule has 0 aliphatic heterocycles. The van der Waals surface area contributed by atoms with E-state index in [4.69, 9.17) is 4.74 Å². The molecule has 0 bridgehead atoms. The molecule has 1 aliphatic rings. The summed E-state index contributed by atoms with van der Waals surface area (Å²) in [6.07, 6.45) is 2.58. The summed E-state index contributed by atoms with van der Waals surface area (Å²) in [5, 5.41) is 7.88. The first kappa shape index (κ1) is 14.6. The molecular formula is C16H20BrN3O. The fourth-order valence-electron chi connectivity index (χ4n) is 2.34. The highest BCUT2D eigenvalue weighted by atomic mass is 79.9. The van der Waals surface area contributed by atoms with Crippen LogP contribution in [0.2, 0.25) is 0 Å². The first-order valence-corrected chi connectivity index (χ1v) is 8.06. The van der Waals surface area contributed by atoms with Crippen molar-refractivity contribution in [3.05, 3.63) is 45.7 Å². The van der Waals surface area contributed by atoms with Gasteiger partial charge < -0.3 is 10.1 Å². The molecule has 0 atom stereocenters. The van der Waals surface area contributed by atoms with Crippen LogP contribution in [0.5, 0.6) is 5.75 Å². The lowest BCUT2D eigenvalue weighted by molar-refractivity contribution is 0.289. The molecule has 2 aromatic rings. The van der Waals surface area contributed by atoms with Gasteiger partial charge in [-0.15, -0.1) is 0 Å². The van der Waals surface area contributed by atoms with E-state index < -0.39 is 0 Å². The van der Waals surface area contributed by atoms with Gasteiger partial charge in [-0.3, -0.25) is 4.68 Å². The molecule has 5 heteroatoms. The van der Waals surface area contributed by atoms with Crippen LogP contribution in [-0.4, -0.2) is 15.8 Å². The predicted molar refractivity (Wildman–Crippen MR) is 86.3 cm³/mol. The molecule has 1 N–H and O–H groups in total. The van der Waals surface area contributed by atoms with E-state index in [1.807, 2.05) is 24.7 Å². The van der Waals surface area contributed by atoms with Crippen LogP contribution in [0.3, 0.4) is 0 Å². The van der Waals surface area contributed by atoms with E-state index in [1.165, 1.54) is 18.4 Å². The van der Waals surface area contributed by atoms with Crippen molar-refractivity contribution in [1.82, 2.24) is 15.1 Å². The van der Waals surface area contributed by atoms with E-state index >= 15 is 0 Å². The standard InChI is InChI=1S/C16H20BrN3O/c1-11-8-14(20(2)19-11)10-21-16-12(4-3-5-15(16)17)9-18-13-6-7-13/h3-5,8,13,18H,6-7,9-10H2,1-2H3. The third-order valence-electron chi connectivity index (χ3n) is 3.67. The van der Waals surface area contributed by atoms with Gasteiger partial charge in [-0.25, -0.2) is 0 Å². The second kappa shape index (κ2) is 6.20. The van der Waals surface area contributed by atoms with Crippen LogP contribution in [-0.2, 0) is 20.2 Å². The molecule has 0 spiro atoms. The molecule has 1 fully saturated rings. The minimum Gasteiger partial charge on any atom is -0.486 e. The maximum absolute atomic E-state index is 6.05. The second-order valence-electron chi connectivity index (χ2n) is 5.57. The smallest absolute Gasteiger partial charge is 0.138 e. The van der Waals surface area contributed by atoms with Crippen LogP contribution in [0.1, 0.15) is 29.8 Å². The highest BCUT2D eigenvalue weighted by Crippen LogP contribution is 2.30. The van der Waals surface area contributed by atoms with Gasteiger partial charge in [-0.2, -0.15) is 5.10 Å². The van der Waals surface area contributed by atoms with Crippen molar-refractivity contribution in [2.24, 2.45) is 7.05 Å². The lowest BCUT2D eigenvalue weighted by Crippen LogP contribution is -2.16. The van der Waals surface area contributed by atoms with Crippen molar-refractivity contribution in [3.63, 3.8) is 0 Å². The Morgan fingerprint density at radius 2 is 2.24 bits per heavy atom. The van der Waals surface area contributed by atoms with Crippen molar-refractivity contribution < 1.29 is 4.74 Å². The Kier molecular flexibility index (Phi) is 4.31. The van der Waals surface area contributed by atoms with E-state index in [2.05, 4.69) is 44.5 Å². The molecule has 1 saturated carbocycles. The number of nitrogens with zero attached hydrogens (tertiary/aromatic N) is 2. The fraction of sp³-hybridized carbons (Fsp3) is 0.438. The summed E-state index contributed by atoms with van der Waals surface area (Å²) in [7, 11) is 1.95. The zero-order valence-corrected chi connectivity index (χ0v) is 14.0. The van der Waals surface area contributed by atoms with Gasteiger partial charge in [0, 0.05) is 25.2 Å². The van der Waals surface area contributed by atoms with E-state index in [1.54, 1.807) is 0 Å². The summed E-state index contributed by atoms with van der Waals surface area (Å²) in [6.45, 7) is 3.37. The highest BCUT2D eigenvalue weighted by molar-refractivity contribution is 9.10. The Hall–Kier alpha value is -1.33. The first-order valence-electron chi connectivity index (χ1n) is 7.26. The molecule has 1 aromatic carbocycles. The number of rotatable bonds is 6. The number of hydrogen-bond acceptors (Lipinski definition) is 3. The molecule has 21 heavy (non-hydrogen) atoms. The Balaban J connectivity index is 1.72. The number of nitrogens with one attached hydrogen (secondary N) is 1.